The molecule has 1 aromatic carbocycles. The Bertz CT molecular complexity index is 647. The number of fused-ring (bicyclic) bond motifs is 1. The van der Waals surface area contributed by atoms with Crippen molar-refractivity contribution in [3.63, 3.8) is 0 Å². The van der Waals surface area contributed by atoms with Gasteiger partial charge in [0.1, 0.15) is 11.3 Å². The maximum Gasteiger partial charge on any atom is 0.389 e. The molecule has 0 radical (unpaired) electrons. The summed E-state index contributed by atoms with van der Waals surface area (Å²) in [5, 5.41) is 9.07. The number of alkyl halides is 3. The summed E-state index contributed by atoms with van der Waals surface area (Å²) in [6.07, 6.45) is -5.12. The number of para-hydroxylation sites is 1. The van der Waals surface area contributed by atoms with Crippen LogP contribution in [0.25, 0.3) is 11.0 Å². The molecule has 4 nitrogen and oxygen atoms in total. The van der Waals surface area contributed by atoms with E-state index in [-0.39, 0.29) is 18.5 Å². The number of carboxylic acid groups (broad SMARTS) is 1. The van der Waals surface area contributed by atoms with Crippen molar-refractivity contribution in [3.05, 3.63) is 29.6 Å². The third-order valence-electron chi connectivity index (χ3n) is 3.04. The van der Waals surface area contributed by atoms with Crippen LogP contribution >= 0.6 is 0 Å². The highest BCUT2D eigenvalue weighted by atomic mass is 19.4. The number of imidazole rings is 1. The molecule has 2 aromatic rings. The van der Waals surface area contributed by atoms with Gasteiger partial charge >= 0.3 is 12.1 Å². The van der Waals surface area contributed by atoms with Crippen molar-refractivity contribution in [1.82, 2.24) is 9.55 Å². The predicted molar refractivity (Wildman–Crippen MR) is 66.7 cm³/mol. The second-order valence-corrected chi connectivity index (χ2v) is 4.51. The van der Waals surface area contributed by atoms with E-state index in [9.17, 15) is 18.0 Å². The minimum Gasteiger partial charge on any atom is -0.478 e. The molecule has 20 heavy (non-hydrogen) atoms. The largest absolute Gasteiger partial charge is 0.478 e. The molecular weight excluding hydrogens is 273 g/mol. The first-order valence-electron chi connectivity index (χ1n) is 6.05. The van der Waals surface area contributed by atoms with E-state index < -0.39 is 18.6 Å². The average molecular weight is 286 g/mol. The van der Waals surface area contributed by atoms with Crippen LogP contribution in [0.4, 0.5) is 13.2 Å². The molecule has 2 rings (SSSR count). The quantitative estimate of drug-likeness (QED) is 0.937. The van der Waals surface area contributed by atoms with Crippen LogP contribution in [0.2, 0.25) is 0 Å². The number of hydrogen-bond donors (Lipinski definition) is 1. The number of carboxylic acids is 1. The molecule has 0 saturated heterocycles. The summed E-state index contributed by atoms with van der Waals surface area (Å²) in [6.45, 7) is 1.81. The smallest absolute Gasteiger partial charge is 0.389 e. The van der Waals surface area contributed by atoms with Gasteiger partial charge in [0.25, 0.3) is 0 Å². The van der Waals surface area contributed by atoms with Crippen LogP contribution in [0, 0.1) is 6.92 Å². The molecule has 0 bridgehead atoms. The summed E-state index contributed by atoms with van der Waals surface area (Å²) in [4.78, 5) is 15.2. The summed E-state index contributed by atoms with van der Waals surface area (Å²) in [6, 6.07) is 4.65. The lowest BCUT2D eigenvalue weighted by molar-refractivity contribution is -0.135. The predicted octanol–water partition coefficient (Wildman–Crippen LogP) is 3.39. The van der Waals surface area contributed by atoms with Crippen molar-refractivity contribution in [2.75, 3.05) is 0 Å². The third kappa shape index (κ3) is 2.92. The van der Waals surface area contributed by atoms with Gasteiger partial charge in [0, 0.05) is 13.0 Å². The number of aryl methyl sites for hydroxylation is 2. The maximum absolute atomic E-state index is 12.2. The van der Waals surface area contributed by atoms with Crippen molar-refractivity contribution in [2.45, 2.75) is 32.5 Å². The lowest BCUT2D eigenvalue weighted by Crippen LogP contribution is -2.10. The van der Waals surface area contributed by atoms with Crippen LogP contribution < -0.4 is 0 Å². The van der Waals surface area contributed by atoms with Gasteiger partial charge in [-0.2, -0.15) is 13.2 Å². The van der Waals surface area contributed by atoms with E-state index in [1.807, 2.05) is 0 Å². The number of halogens is 3. The molecule has 108 valence electrons. The first-order valence-corrected chi connectivity index (χ1v) is 6.05. The first-order chi connectivity index (χ1) is 9.29. The van der Waals surface area contributed by atoms with Crippen molar-refractivity contribution in [2.24, 2.45) is 0 Å². The molecule has 1 heterocycles. The summed E-state index contributed by atoms with van der Waals surface area (Å²) in [7, 11) is 0. The topological polar surface area (TPSA) is 55.1 Å². The summed E-state index contributed by atoms with van der Waals surface area (Å²) in [5.41, 5.74) is 0.911. The fraction of sp³-hybridized carbons (Fsp3) is 0.385. The van der Waals surface area contributed by atoms with Gasteiger partial charge in [0.15, 0.2) is 0 Å². The number of rotatable bonds is 4. The summed E-state index contributed by atoms with van der Waals surface area (Å²) < 4.78 is 38.1. The Morgan fingerprint density at radius 3 is 2.70 bits per heavy atom. The molecule has 1 aromatic heterocycles. The van der Waals surface area contributed by atoms with Gasteiger partial charge in [-0.1, -0.05) is 6.07 Å². The molecule has 0 aliphatic carbocycles. The van der Waals surface area contributed by atoms with Crippen LogP contribution in [-0.4, -0.2) is 26.8 Å². The van der Waals surface area contributed by atoms with Crippen LogP contribution in [-0.2, 0) is 6.54 Å². The van der Waals surface area contributed by atoms with Gasteiger partial charge in [-0.15, -0.1) is 0 Å². The highest BCUT2D eigenvalue weighted by Gasteiger charge is 2.26. The van der Waals surface area contributed by atoms with E-state index in [4.69, 9.17) is 5.11 Å². The Morgan fingerprint density at radius 1 is 1.40 bits per heavy atom. The van der Waals surface area contributed by atoms with Gasteiger partial charge in [-0.25, -0.2) is 9.78 Å². The molecular formula is C13H13F3N2O2. The Hall–Kier alpha value is -2.05. The fourth-order valence-electron chi connectivity index (χ4n) is 2.16. The second kappa shape index (κ2) is 5.15. The second-order valence-electron chi connectivity index (χ2n) is 4.51. The zero-order valence-corrected chi connectivity index (χ0v) is 10.7. The molecule has 1 N–H and O–H groups in total. The van der Waals surface area contributed by atoms with Crippen LogP contribution in [0.5, 0.6) is 0 Å². The summed E-state index contributed by atoms with van der Waals surface area (Å²) >= 11 is 0. The SMILES string of the molecule is Cc1nc2c(C(=O)O)cccc2n1CCCC(F)(F)F. The number of benzene rings is 1. The number of aromatic nitrogens is 2. The third-order valence-corrected chi connectivity index (χ3v) is 3.04. The van der Waals surface area contributed by atoms with Crippen molar-refractivity contribution in [3.8, 4) is 0 Å². The Morgan fingerprint density at radius 2 is 2.10 bits per heavy atom. The zero-order chi connectivity index (χ0) is 14.9. The Balaban J connectivity index is 2.32. The van der Waals surface area contributed by atoms with Crippen molar-refractivity contribution >= 4 is 17.0 Å². The van der Waals surface area contributed by atoms with Gasteiger partial charge < -0.3 is 9.67 Å². The van der Waals surface area contributed by atoms with Gasteiger partial charge in [-0.3, -0.25) is 0 Å². The average Bonchev–Trinajstić information content (AvgIpc) is 2.64. The first kappa shape index (κ1) is 14.4. The van der Waals surface area contributed by atoms with Gasteiger partial charge in [0.2, 0.25) is 0 Å². The number of nitrogens with zero attached hydrogens (tertiary/aromatic N) is 2. The maximum atomic E-state index is 12.2. The molecule has 7 heteroatoms. The highest BCUT2D eigenvalue weighted by molar-refractivity contribution is 6.01. The standard InChI is InChI=1S/C13H13F3N2O2/c1-8-17-11-9(12(19)20)4-2-5-10(11)18(8)7-3-6-13(14,15)16/h2,4-5H,3,6-7H2,1H3,(H,19,20). The number of hydrogen-bond acceptors (Lipinski definition) is 2. The highest BCUT2D eigenvalue weighted by Crippen LogP contribution is 2.24. The van der Waals surface area contributed by atoms with Crippen molar-refractivity contribution in [1.29, 1.82) is 0 Å². The van der Waals surface area contributed by atoms with E-state index in [0.29, 0.717) is 16.9 Å². The normalized spacial score (nSPS) is 12.0. The molecule has 0 aliphatic heterocycles. The van der Waals surface area contributed by atoms with Crippen LogP contribution in [0.3, 0.4) is 0 Å². The molecule has 0 amide bonds. The molecule has 0 atom stereocenters. The van der Waals surface area contributed by atoms with E-state index in [2.05, 4.69) is 4.98 Å². The van der Waals surface area contributed by atoms with Crippen molar-refractivity contribution < 1.29 is 23.1 Å². The molecule has 0 unspecified atom stereocenters. The number of aromatic carboxylic acids is 1. The molecule has 0 aliphatic rings. The Kier molecular flexibility index (Phi) is 3.69. The van der Waals surface area contributed by atoms with Crippen LogP contribution in [0.1, 0.15) is 29.0 Å². The van der Waals surface area contributed by atoms with Gasteiger partial charge in [0.05, 0.1) is 11.1 Å². The monoisotopic (exact) mass is 286 g/mol. The van der Waals surface area contributed by atoms with E-state index in [0.717, 1.165) is 0 Å². The summed E-state index contributed by atoms with van der Waals surface area (Å²) in [5.74, 6) is -0.591. The van der Waals surface area contributed by atoms with Gasteiger partial charge in [-0.05, 0) is 25.5 Å². The van der Waals surface area contributed by atoms with E-state index >= 15 is 0 Å². The molecule has 0 spiro atoms. The molecule has 0 fully saturated rings. The van der Waals surface area contributed by atoms with E-state index in [1.165, 1.54) is 6.07 Å². The lowest BCUT2D eigenvalue weighted by Gasteiger charge is -2.09. The van der Waals surface area contributed by atoms with E-state index in [1.54, 1.807) is 23.6 Å². The fourth-order valence-corrected chi connectivity index (χ4v) is 2.16. The van der Waals surface area contributed by atoms with Crippen LogP contribution in [0.15, 0.2) is 18.2 Å². The number of carbonyl (C=O) groups is 1. The Labute approximate surface area is 112 Å². The lowest BCUT2D eigenvalue weighted by atomic mass is 10.2. The molecule has 0 saturated carbocycles. The zero-order valence-electron chi connectivity index (χ0n) is 10.7. The minimum atomic E-state index is -4.18. The minimum absolute atomic E-state index is 0.0557.